The van der Waals surface area contributed by atoms with Gasteiger partial charge in [0, 0.05) is 19.7 Å². The van der Waals surface area contributed by atoms with Crippen molar-refractivity contribution >= 4 is 0 Å². The van der Waals surface area contributed by atoms with Gasteiger partial charge in [0.05, 0.1) is 19.8 Å². The molecule has 3 heteroatoms. The summed E-state index contributed by atoms with van der Waals surface area (Å²) in [5.74, 6) is 0.709. The topological polar surface area (TPSA) is 30.5 Å². The van der Waals surface area contributed by atoms with Crippen LogP contribution in [-0.2, 0) is 9.47 Å². The van der Waals surface area contributed by atoms with Crippen LogP contribution in [0.5, 0.6) is 0 Å². The largest absolute Gasteiger partial charge is 0.381 e. The van der Waals surface area contributed by atoms with E-state index in [0.29, 0.717) is 5.92 Å². The molecule has 1 N–H and O–H groups in total. The highest BCUT2D eigenvalue weighted by molar-refractivity contribution is 4.87. The Bertz CT molecular complexity index is 176. The van der Waals surface area contributed by atoms with Crippen molar-refractivity contribution in [2.75, 3.05) is 39.5 Å². The number of hydrogen-bond acceptors (Lipinski definition) is 3. The molecule has 0 aromatic carbocycles. The monoisotopic (exact) mass is 213 g/mol. The minimum Gasteiger partial charge on any atom is -0.381 e. The Morgan fingerprint density at radius 2 is 2.40 bits per heavy atom. The van der Waals surface area contributed by atoms with Crippen LogP contribution in [0.2, 0.25) is 0 Å². The van der Waals surface area contributed by atoms with Crippen molar-refractivity contribution in [3.8, 4) is 0 Å². The molecule has 15 heavy (non-hydrogen) atoms. The van der Waals surface area contributed by atoms with E-state index in [1.807, 2.05) is 6.92 Å². The molecule has 1 fully saturated rings. The Balaban J connectivity index is 1.78. The summed E-state index contributed by atoms with van der Waals surface area (Å²) in [7, 11) is 0. The smallest absolute Gasteiger partial charge is 0.0591 e. The van der Waals surface area contributed by atoms with E-state index in [1.165, 1.54) is 12.0 Å². The molecular weight excluding hydrogens is 190 g/mol. The van der Waals surface area contributed by atoms with E-state index in [9.17, 15) is 0 Å². The first kappa shape index (κ1) is 12.7. The first-order valence-corrected chi connectivity index (χ1v) is 5.79. The summed E-state index contributed by atoms with van der Waals surface area (Å²) in [6.07, 6.45) is 2.17. The lowest BCUT2D eigenvalue weighted by Crippen LogP contribution is -2.26. The Morgan fingerprint density at radius 3 is 3.07 bits per heavy atom. The summed E-state index contributed by atoms with van der Waals surface area (Å²) in [6, 6.07) is 0. The van der Waals surface area contributed by atoms with E-state index in [-0.39, 0.29) is 0 Å². The molecule has 1 aliphatic rings. The minimum absolute atomic E-state index is 0.709. The maximum atomic E-state index is 5.45. The molecule has 0 saturated carbocycles. The molecule has 0 aliphatic carbocycles. The van der Waals surface area contributed by atoms with Crippen molar-refractivity contribution in [2.24, 2.45) is 5.92 Å². The van der Waals surface area contributed by atoms with E-state index >= 15 is 0 Å². The molecule has 3 nitrogen and oxygen atoms in total. The number of nitrogens with one attached hydrogen (secondary N) is 1. The fourth-order valence-electron chi connectivity index (χ4n) is 1.54. The summed E-state index contributed by atoms with van der Waals surface area (Å²) in [6.45, 7) is 11.3. The van der Waals surface area contributed by atoms with Gasteiger partial charge in [0.25, 0.3) is 0 Å². The SMILES string of the molecule is C=C(C)CCOCCNCC1CCOC1. The van der Waals surface area contributed by atoms with Gasteiger partial charge >= 0.3 is 0 Å². The van der Waals surface area contributed by atoms with Gasteiger partial charge in [-0.3, -0.25) is 0 Å². The van der Waals surface area contributed by atoms with Crippen LogP contribution in [0.15, 0.2) is 12.2 Å². The van der Waals surface area contributed by atoms with Crippen LogP contribution in [0.3, 0.4) is 0 Å². The second kappa shape index (κ2) is 7.85. The van der Waals surface area contributed by atoms with Crippen LogP contribution in [0.1, 0.15) is 19.8 Å². The fourth-order valence-corrected chi connectivity index (χ4v) is 1.54. The van der Waals surface area contributed by atoms with E-state index in [2.05, 4.69) is 11.9 Å². The minimum atomic E-state index is 0.709. The van der Waals surface area contributed by atoms with E-state index in [4.69, 9.17) is 9.47 Å². The average molecular weight is 213 g/mol. The first-order valence-electron chi connectivity index (χ1n) is 5.79. The van der Waals surface area contributed by atoms with E-state index < -0.39 is 0 Å². The van der Waals surface area contributed by atoms with Gasteiger partial charge in [-0.2, -0.15) is 0 Å². The van der Waals surface area contributed by atoms with Gasteiger partial charge in [-0.1, -0.05) is 5.57 Å². The van der Waals surface area contributed by atoms with E-state index in [1.54, 1.807) is 0 Å². The standard InChI is InChI=1S/C12H23NO2/c1-11(2)3-6-14-8-5-13-9-12-4-7-15-10-12/h12-13H,1,3-10H2,2H3. The molecule has 0 bridgehead atoms. The molecule has 1 unspecified atom stereocenters. The van der Waals surface area contributed by atoms with Gasteiger partial charge in [-0.05, 0) is 25.7 Å². The van der Waals surface area contributed by atoms with Gasteiger partial charge in [0.15, 0.2) is 0 Å². The highest BCUT2D eigenvalue weighted by Gasteiger charge is 2.14. The average Bonchev–Trinajstić information content (AvgIpc) is 2.68. The van der Waals surface area contributed by atoms with Gasteiger partial charge in [-0.25, -0.2) is 0 Å². The lowest BCUT2D eigenvalue weighted by atomic mass is 10.1. The molecule has 0 spiro atoms. The summed E-state index contributed by atoms with van der Waals surface area (Å²) >= 11 is 0. The zero-order valence-electron chi connectivity index (χ0n) is 9.76. The van der Waals surface area contributed by atoms with Gasteiger partial charge in [0.1, 0.15) is 0 Å². The molecule has 1 rings (SSSR count). The first-order chi connectivity index (χ1) is 7.29. The molecule has 0 radical (unpaired) electrons. The maximum Gasteiger partial charge on any atom is 0.0591 e. The molecule has 1 heterocycles. The summed E-state index contributed by atoms with van der Waals surface area (Å²) in [5, 5.41) is 3.39. The molecule has 1 atom stereocenters. The zero-order chi connectivity index (χ0) is 10.9. The second-order valence-corrected chi connectivity index (χ2v) is 4.25. The number of ether oxygens (including phenoxy) is 2. The zero-order valence-corrected chi connectivity index (χ0v) is 9.76. The molecule has 0 aromatic rings. The van der Waals surface area contributed by atoms with Crippen molar-refractivity contribution in [3.05, 3.63) is 12.2 Å². The summed E-state index contributed by atoms with van der Waals surface area (Å²) in [4.78, 5) is 0. The van der Waals surface area contributed by atoms with Crippen molar-refractivity contribution in [1.82, 2.24) is 5.32 Å². The van der Waals surface area contributed by atoms with Gasteiger partial charge in [0.2, 0.25) is 0 Å². The Kier molecular flexibility index (Phi) is 6.64. The van der Waals surface area contributed by atoms with Crippen molar-refractivity contribution < 1.29 is 9.47 Å². The molecule has 0 amide bonds. The van der Waals surface area contributed by atoms with Crippen LogP contribution >= 0.6 is 0 Å². The van der Waals surface area contributed by atoms with Crippen LogP contribution in [0.4, 0.5) is 0 Å². The van der Waals surface area contributed by atoms with E-state index in [0.717, 1.165) is 45.9 Å². The van der Waals surface area contributed by atoms with Crippen molar-refractivity contribution in [2.45, 2.75) is 19.8 Å². The summed E-state index contributed by atoms with van der Waals surface area (Å²) < 4.78 is 10.8. The third kappa shape index (κ3) is 6.66. The number of rotatable bonds is 8. The molecule has 1 aliphatic heterocycles. The highest BCUT2D eigenvalue weighted by Crippen LogP contribution is 2.10. The number of hydrogen-bond donors (Lipinski definition) is 1. The normalized spacial score (nSPS) is 20.7. The third-order valence-corrected chi connectivity index (χ3v) is 2.55. The quantitative estimate of drug-likeness (QED) is 0.490. The third-order valence-electron chi connectivity index (χ3n) is 2.55. The van der Waals surface area contributed by atoms with Crippen LogP contribution in [0.25, 0.3) is 0 Å². The lowest BCUT2D eigenvalue weighted by Gasteiger charge is -2.09. The summed E-state index contributed by atoms with van der Waals surface area (Å²) in [5.41, 5.74) is 1.19. The maximum absolute atomic E-state index is 5.45. The predicted molar refractivity (Wildman–Crippen MR) is 62.0 cm³/mol. The Labute approximate surface area is 92.8 Å². The molecule has 0 aromatic heterocycles. The Hall–Kier alpha value is -0.380. The van der Waals surface area contributed by atoms with Crippen LogP contribution in [-0.4, -0.2) is 39.5 Å². The van der Waals surface area contributed by atoms with Gasteiger partial charge < -0.3 is 14.8 Å². The predicted octanol–water partition coefficient (Wildman–Crippen LogP) is 1.60. The molecule has 88 valence electrons. The van der Waals surface area contributed by atoms with Gasteiger partial charge in [-0.15, -0.1) is 6.58 Å². The van der Waals surface area contributed by atoms with Crippen molar-refractivity contribution in [3.63, 3.8) is 0 Å². The van der Waals surface area contributed by atoms with Crippen molar-refractivity contribution in [1.29, 1.82) is 0 Å². The fraction of sp³-hybridized carbons (Fsp3) is 0.833. The van der Waals surface area contributed by atoms with Crippen LogP contribution in [0, 0.1) is 5.92 Å². The lowest BCUT2D eigenvalue weighted by molar-refractivity contribution is 0.137. The second-order valence-electron chi connectivity index (χ2n) is 4.25. The molecular formula is C12H23NO2. The van der Waals surface area contributed by atoms with Crippen LogP contribution < -0.4 is 5.32 Å². The highest BCUT2D eigenvalue weighted by atomic mass is 16.5. The molecule has 1 saturated heterocycles. The Morgan fingerprint density at radius 1 is 1.53 bits per heavy atom.